The third-order valence-electron chi connectivity index (χ3n) is 5.29. The van der Waals surface area contributed by atoms with Crippen molar-refractivity contribution < 1.29 is 14.6 Å². The first-order chi connectivity index (χ1) is 12.6. The van der Waals surface area contributed by atoms with Crippen LogP contribution in [-0.2, 0) is 35.5 Å². The number of esters is 1. The highest BCUT2D eigenvalue weighted by molar-refractivity contribution is 5.88. The number of aryl methyl sites for hydroxylation is 1. The maximum Gasteiger partial charge on any atom is 0.310 e. The molecule has 0 fully saturated rings. The van der Waals surface area contributed by atoms with Crippen LogP contribution in [0.25, 0.3) is 22.3 Å². The first-order valence-corrected chi connectivity index (χ1v) is 8.63. The number of aromatic nitrogens is 2. The lowest BCUT2D eigenvalue weighted by Gasteiger charge is -2.17. The summed E-state index contributed by atoms with van der Waals surface area (Å²) >= 11 is 0. The van der Waals surface area contributed by atoms with Crippen LogP contribution < -0.4 is 5.56 Å². The van der Waals surface area contributed by atoms with E-state index in [1.165, 1.54) is 0 Å². The number of aromatic hydroxyl groups is 1. The number of cyclic esters (lactones) is 1. The van der Waals surface area contributed by atoms with Crippen molar-refractivity contribution in [3.8, 4) is 17.1 Å². The normalized spacial score (nSPS) is 14.7. The predicted molar refractivity (Wildman–Crippen MR) is 95.1 cm³/mol. The second kappa shape index (κ2) is 5.17. The number of pyridine rings is 2. The summed E-state index contributed by atoms with van der Waals surface area (Å²) in [4.78, 5) is 29.2. The Labute approximate surface area is 148 Å². The monoisotopic (exact) mass is 348 g/mol. The Morgan fingerprint density at radius 1 is 1.23 bits per heavy atom. The largest absolute Gasteiger partial charge is 0.508 e. The van der Waals surface area contributed by atoms with Crippen molar-refractivity contribution in [2.24, 2.45) is 0 Å². The van der Waals surface area contributed by atoms with Crippen LogP contribution in [0, 0.1) is 0 Å². The lowest BCUT2D eigenvalue weighted by molar-refractivity contribution is -0.145. The van der Waals surface area contributed by atoms with E-state index in [2.05, 4.69) is 0 Å². The average molecular weight is 348 g/mol. The van der Waals surface area contributed by atoms with Crippen molar-refractivity contribution in [2.75, 3.05) is 0 Å². The molecule has 1 N–H and O–H groups in total. The van der Waals surface area contributed by atoms with Gasteiger partial charge in [0.05, 0.1) is 35.4 Å². The van der Waals surface area contributed by atoms with E-state index >= 15 is 0 Å². The zero-order valence-electron chi connectivity index (χ0n) is 14.2. The van der Waals surface area contributed by atoms with Gasteiger partial charge < -0.3 is 14.4 Å². The van der Waals surface area contributed by atoms with Crippen LogP contribution in [-0.4, -0.2) is 20.6 Å². The minimum Gasteiger partial charge on any atom is -0.508 e. The summed E-state index contributed by atoms with van der Waals surface area (Å²) in [7, 11) is 0. The maximum atomic E-state index is 12.9. The van der Waals surface area contributed by atoms with Gasteiger partial charge in [0, 0.05) is 16.5 Å². The van der Waals surface area contributed by atoms with E-state index in [0.29, 0.717) is 18.5 Å². The van der Waals surface area contributed by atoms with Gasteiger partial charge in [0.25, 0.3) is 5.56 Å². The van der Waals surface area contributed by atoms with Gasteiger partial charge in [-0.05, 0) is 36.2 Å². The van der Waals surface area contributed by atoms with Gasteiger partial charge in [-0.25, -0.2) is 4.98 Å². The molecule has 6 nitrogen and oxygen atoms in total. The van der Waals surface area contributed by atoms with Gasteiger partial charge in [0.1, 0.15) is 12.4 Å². The zero-order chi connectivity index (χ0) is 18.0. The highest BCUT2D eigenvalue weighted by Gasteiger charge is 2.28. The second-order valence-corrected chi connectivity index (χ2v) is 6.74. The first-order valence-electron chi connectivity index (χ1n) is 8.63. The second-order valence-electron chi connectivity index (χ2n) is 6.74. The van der Waals surface area contributed by atoms with Gasteiger partial charge in [-0.15, -0.1) is 0 Å². The molecule has 3 aromatic rings. The van der Waals surface area contributed by atoms with Crippen molar-refractivity contribution in [2.45, 2.75) is 32.9 Å². The molecule has 0 bridgehead atoms. The number of rotatable bonds is 1. The molecule has 2 aliphatic rings. The van der Waals surface area contributed by atoms with Gasteiger partial charge in [0.15, 0.2) is 0 Å². The molecular weight excluding hydrogens is 332 g/mol. The molecule has 0 unspecified atom stereocenters. The lowest BCUT2D eigenvalue weighted by Crippen LogP contribution is -2.29. The standard InChI is InChI=1S/C20H16N2O4/c1-2-12-13-5-11-8-22-16(19(11)21-15(13)3-4-17(12)23)6-10-7-18(24)26-9-14(10)20(22)25/h3-6,23H,2,7-9H2,1H3. The Hall–Kier alpha value is -3.15. The quantitative estimate of drug-likeness (QED) is 0.534. The fraction of sp³-hybridized carbons (Fsp3) is 0.250. The number of carbonyl (C=O) groups is 1. The molecule has 0 saturated carbocycles. The Bertz CT molecular complexity index is 1180. The van der Waals surface area contributed by atoms with Crippen LogP contribution in [0.4, 0.5) is 0 Å². The van der Waals surface area contributed by atoms with E-state index in [4.69, 9.17) is 9.72 Å². The molecule has 0 aliphatic carbocycles. The summed E-state index contributed by atoms with van der Waals surface area (Å²) in [6.07, 6.45) is 0.819. The fourth-order valence-corrected chi connectivity index (χ4v) is 3.98. The third-order valence-corrected chi connectivity index (χ3v) is 5.29. The number of carbonyl (C=O) groups excluding carboxylic acids is 1. The average Bonchev–Trinajstić information content (AvgIpc) is 2.98. The Morgan fingerprint density at radius 3 is 2.88 bits per heavy atom. The van der Waals surface area contributed by atoms with Crippen molar-refractivity contribution in [1.82, 2.24) is 9.55 Å². The molecule has 0 amide bonds. The Kier molecular flexibility index (Phi) is 3.01. The van der Waals surface area contributed by atoms with Gasteiger partial charge >= 0.3 is 5.97 Å². The van der Waals surface area contributed by atoms with Crippen LogP contribution in [0.3, 0.4) is 0 Å². The summed E-state index contributed by atoms with van der Waals surface area (Å²) in [5.41, 5.74) is 5.27. The van der Waals surface area contributed by atoms with Crippen LogP contribution >= 0.6 is 0 Å². The van der Waals surface area contributed by atoms with Crippen molar-refractivity contribution in [3.63, 3.8) is 0 Å². The highest BCUT2D eigenvalue weighted by Crippen LogP contribution is 2.36. The number of hydrogen-bond donors (Lipinski definition) is 1. The molecule has 1 aromatic carbocycles. The van der Waals surface area contributed by atoms with E-state index in [0.717, 1.165) is 39.0 Å². The molecule has 0 saturated heterocycles. The summed E-state index contributed by atoms with van der Waals surface area (Å²) in [6.45, 7) is 2.46. The van der Waals surface area contributed by atoms with E-state index in [1.54, 1.807) is 16.7 Å². The smallest absolute Gasteiger partial charge is 0.310 e. The molecule has 26 heavy (non-hydrogen) atoms. The summed E-state index contributed by atoms with van der Waals surface area (Å²) < 4.78 is 6.73. The third kappa shape index (κ3) is 1.95. The predicted octanol–water partition coefficient (Wildman–Crippen LogP) is 2.29. The van der Waals surface area contributed by atoms with Gasteiger partial charge in [0.2, 0.25) is 0 Å². The van der Waals surface area contributed by atoms with Crippen LogP contribution in [0.15, 0.2) is 29.1 Å². The maximum absolute atomic E-state index is 12.9. The molecule has 0 radical (unpaired) electrons. The summed E-state index contributed by atoms with van der Waals surface area (Å²) in [6, 6.07) is 7.36. The molecule has 2 aliphatic heterocycles. The van der Waals surface area contributed by atoms with Gasteiger partial charge in [-0.2, -0.15) is 0 Å². The molecule has 0 atom stereocenters. The van der Waals surface area contributed by atoms with Crippen molar-refractivity contribution >= 4 is 16.9 Å². The summed E-state index contributed by atoms with van der Waals surface area (Å²) in [5, 5.41) is 11.0. The molecule has 6 heteroatoms. The van der Waals surface area contributed by atoms with Gasteiger partial charge in [-0.1, -0.05) is 6.92 Å². The van der Waals surface area contributed by atoms with Crippen molar-refractivity contribution in [1.29, 1.82) is 0 Å². The molecule has 5 rings (SSSR count). The minimum atomic E-state index is -0.311. The van der Waals surface area contributed by atoms with Crippen molar-refractivity contribution in [3.05, 3.63) is 56.9 Å². The SMILES string of the molecule is CCc1c(O)ccc2nc3c(cc12)Cn1c-3cc2c(c1=O)COC(=O)C2. The Morgan fingerprint density at radius 2 is 2.08 bits per heavy atom. The number of nitrogens with zero attached hydrogens (tertiary/aromatic N) is 2. The molecule has 130 valence electrons. The number of phenols is 1. The van der Waals surface area contributed by atoms with Gasteiger partial charge in [-0.3, -0.25) is 9.59 Å². The van der Waals surface area contributed by atoms with Crippen LogP contribution in [0.5, 0.6) is 5.75 Å². The zero-order valence-corrected chi connectivity index (χ0v) is 14.2. The number of phenolic OH excluding ortho intramolecular Hbond substituents is 1. The molecule has 4 heterocycles. The molecular formula is C20H16N2O4. The molecule has 2 aromatic heterocycles. The lowest BCUT2D eigenvalue weighted by atomic mass is 10.0. The van der Waals surface area contributed by atoms with E-state index in [-0.39, 0.29) is 30.3 Å². The minimum absolute atomic E-state index is 0.0346. The number of hydrogen-bond acceptors (Lipinski definition) is 5. The van der Waals surface area contributed by atoms with Crippen LogP contribution in [0.2, 0.25) is 0 Å². The molecule has 0 spiro atoms. The van der Waals surface area contributed by atoms with E-state index in [9.17, 15) is 14.7 Å². The number of ether oxygens (including phenoxy) is 1. The highest BCUT2D eigenvalue weighted by atomic mass is 16.5. The first kappa shape index (κ1) is 15.1. The van der Waals surface area contributed by atoms with Crippen LogP contribution in [0.1, 0.15) is 29.2 Å². The van der Waals surface area contributed by atoms with E-state index in [1.807, 2.05) is 19.1 Å². The number of fused-ring (bicyclic) bond motifs is 5. The topological polar surface area (TPSA) is 81.4 Å². The fourth-order valence-electron chi connectivity index (χ4n) is 3.98. The number of benzene rings is 1. The summed E-state index contributed by atoms with van der Waals surface area (Å²) in [5.74, 6) is -0.0462. The van der Waals surface area contributed by atoms with E-state index < -0.39 is 0 Å². The Balaban J connectivity index is 1.77.